The van der Waals surface area contributed by atoms with Gasteiger partial charge in [0.15, 0.2) is 17.3 Å². The molecule has 0 saturated heterocycles. The third kappa shape index (κ3) is 4.84. The number of rotatable bonds is 9. The summed E-state index contributed by atoms with van der Waals surface area (Å²) < 4.78 is 27.2. The Morgan fingerprint density at radius 3 is 2.20 bits per heavy atom. The fourth-order valence-corrected chi connectivity index (χ4v) is 5.00. The lowest BCUT2D eigenvalue weighted by Crippen LogP contribution is -2.14. The van der Waals surface area contributed by atoms with E-state index in [0.717, 1.165) is 0 Å². The average molecular weight is 554 g/mol. The van der Waals surface area contributed by atoms with E-state index < -0.39 is 35.3 Å². The lowest BCUT2D eigenvalue weighted by atomic mass is 9.82. The summed E-state index contributed by atoms with van der Waals surface area (Å²) in [5, 5.41) is 33.9. The molecule has 3 N–H and O–H groups in total. The Morgan fingerprint density at radius 2 is 1.65 bits per heavy atom. The van der Waals surface area contributed by atoms with Crippen molar-refractivity contribution in [3.05, 3.63) is 63.5 Å². The van der Waals surface area contributed by atoms with Gasteiger partial charge >= 0.3 is 5.97 Å². The molecule has 0 aliphatic carbocycles. The van der Waals surface area contributed by atoms with Crippen molar-refractivity contribution in [2.24, 2.45) is 0 Å². The summed E-state index contributed by atoms with van der Waals surface area (Å²) in [5.74, 6) is -2.36. The van der Waals surface area contributed by atoms with E-state index in [1.54, 1.807) is 25.3 Å². The van der Waals surface area contributed by atoms with Gasteiger partial charge in [0, 0.05) is 34.4 Å². The lowest BCUT2D eigenvalue weighted by Gasteiger charge is -2.25. The molecule has 11 heteroatoms. The van der Waals surface area contributed by atoms with Crippen LogP contribution in [0.1, 0.15) is 69.2 Å². The van der Waals surface area contributed by atoms with Crippen LogP contribution in [0, 0.1) is 6.92 Å². The van der Waals surface area contributed by atoms with Crippen molar-refractivity contribution in [1.82, 2.24) is 4.98 Å². The van der Waals surface area contributed by atoms with Crippen LogP contribution in [0.4, 0.5) is 0 Å². The summed E-state index contributed by atoms with van der Waals surface area (Å²) in [6.45, 7) is 3.00. The second-order valence-electron chi connectivity index (χ2n) is 9.29. The van der Waals surface area contributed by atoms with Crippen molar-refractivity contribution in [2.45, 2.75) is 38.9 Å². The number of esters is 1. The zero-order valence-electron chi connectivity index (χ0n) is 23.0. The third-order valence-corrected chi connectivity index (χ3v) is 7.06. The van der Waals surface area contributed by atoms with Gasteiger partial charge in [-0.2, -0.15) is 0 Å². The third-order valence-electron chi connectivity index (χ3n) is 7.06. The molecule has 11 nitrogen and oxygen atoms in total. The van der Waals surface area contributed by atoms with Crippen LogP contribution < -0.4 is 14.2 Å². The highest BCUT2D eigenvalue weighted by molar-refractivity contribution is 5.98. The van der Waals surface area contributed by atoms with Crippen LogP contribution in [0.3, 0.4) is 0 Å². The molecule has 0 fully saturated rings. The quantitative estimate of drug-likeness (QED) is 0.260. The number of aromatic hydroxyl groups is 3. The number of phenols is 2. The van der Waals surface area contributed by atoms with E-state index >= 15 is 0 Å². The van der Waals surface area contributed by atoms with Crippen molar-refractivity contribution >= 4 is 11.8 Å². The van der Waals surface area contributed by atoms with Gasteiger partial charge in [-0.1, -0.05) is 0 Å². The van der Waals surface area contributed by atoms with E-state index in [-0.39, 0.29) is 47.0 Å². The second-order valence-corrected chi connectivity index (χ2v) is 9.29. The Labute approximate surface area is 230 Å². The topological polar surface area (TPSA) is 154 Å². The number of benzene rings is 2. The van der Waals surface area contributed by atoms with E-state index in [9.17, 15) is 24.9 Å². The van der Waals surface area contributed by atoms with Crippen LogP contribution in [0.15, 0.2) is 24.4 Å². The fourth-order valence-electron chi connectivity index (χ4n) is 5.00. The highest BCUT2D eigenvalue weighted by Crippen LogP contribution is 2.52. The summed E-state index contributed by atoms with van der Waals surface area (Å²) in [6, 6.07) is 4.49. The molecule has 0 saturated carbocycles. The molecule has 3 aromatic rings. The molecule has 0 bridgehead atoms. The number of carbonyl (C=O) groups is 2. The molecule has 1 aliphatic heterocycles. The molecule has 40 heavy (non-hydrogen) atoms. The number of hydrogen-bond donors (Lipinski definition) is 3. The minimum atomic E-state index is -1.03. The molecule has 2 aromatic carbocycles. The first kappa shape index (κ1) is 28.5. The number of pyridine rings is 1. The maximum absolute atomic E-state index is 12.7. The highest BCUT2D eigenvalue weighted by Gasteiger charge is 2.37. The Morgan fingerprint density at radius 1 is 1.00 bits per heavy atom. The maximum Gasteiger partial charge on any atom is 0.306 e. The van der Waals surface area contributed by atoms with E-state index in [4.69, 9.17) is 23.7 Å². The number of nitrogens with zero attached hydrogens (tertiary/aromatic N) is 1. The molecule has 1 aliphatic rings. The highest BCUT2D eigenvalue weighted by atomic mass is 16.5. The zero-order valence-corrected chi connectivity index (χ0v) is 23.0. The zero-order chi connectivity index (χ0) is 29.3. The molecule has 2 heterocycles. The van der Waals surface area contributed by atoms with Crippen LogP contribution in [0.25, 0.3) is 0 Å². The van der Waals surface area contributed by atoms with Gasteiger partial charge in [0.25, 0.3) is 0 Å². The van der Waals surface area contributed by atoms with E-state index in [0.29, 0.717) is 28.1 Å². The normalized spacial score (nSPS) is 14.8. The molecular weight excluding hydrogens is 522 g/mol. The molecule has 0 radical (unpaired) electrons. The van der Waals surface area contributed by atoms with Gasteiger partial charge in [-0.3, -0.25) is 14.6 Å². The number of aromatic nitrogens is 1. The summed E-state index contributed by atoms with van der Waals surface area (Å²) in [4.78, 5) is 29.5. The van der Waals surface area contributed by atoms with Gasteiger partial charge in [-0.25, -0.2) is 0 Å². The van der Waals surface area contributed by atoms with Gasteiger partial charge < -0.3 is 39.0 Å². The van der Waals surface area contributed by atoms with Crippen molar-refractivity contribution in [2.75, 3.05) is 28.4 Å². The molecule has 4 rings (SSSR count). The van der Waals surface area contributed by atoms with Crippen LogP contribution in [-0.2, 0) is 20.9 Å². The summed E-state index contributed by atoms with van der Waals surface area (Å²) in [5.41, 5.74) is 1.68. The summed E-state index contributed by atoms with van der Waals surface area (Å²) in [6.07, 6.45) is 0.269. The van der Waals surface area contributed by atoms with Gasteiger partial charge in [0.1, 0.15) is 23.4 Å². The summed E-state index contributed by atoms with van der Waals surface area (Å²) in [7, 11) is 5.52. The minimum Gasteiger partial charge on any atom is -0.507 e. The van der Waals surface area contributed by atoms with Crippen molar-refractivity contribution < 1.29 is 48.6 Å². The largest absolute Gasteiger partial charge is 0.507 e. The Bertz CT molecular complexity index is 1460. The van der Waals surface area contributed by atoms with E-state index in [2.05, 4.69) is 4.98 Å². The van der Waals surface area contributed by atoms with Crippen LogP contribution in [0.5, 0.6) is 34.5 Å². The van der Waals surface area contributed by atoms with Crippen LogP contribution in [0.2, 0.25) is 0 Å². The standard InChI is InChI=1S/C29H31NO10/c1-13-25(33)23-16(11-30-13)12-40-28(23)19-9-17(14(2)31)26(34)24(27(19)35)18(10-22(32)38-5)15-7-20(36-3)29(39-6)21(8-15)37-4/h7-9,11,18,28,33-35H,10,12H2,1-6H3. The number of hydrogen-bond acceptors (Lipinski definition) is 11. The molecular formula is C29H31NO10. The number of ketones is 1. The van der Waals surface area contributed by atoms with E-state index in [1.165, 1.54) is 41.4 Å². The molecule has 1 aromatic heterocycles. The predicted molar refractivity (Wildman–Crippen MR) is 142 cm³/mol. The van der Waals surface area contributed by atoms with Crippen molar-refractivity contribution in [3.8, 4) is 34.5 Å². The van der Waals surface area contributed by atoms with Gasteiger partial charge in [-0.05, 0) is 37.6 Å². The van der Waals surface area contributed by atoms with Crippen LogP contribution >= 0.6 is 0 Å². The Kier molecular flexibility index (Phi) is 8.06. The molecule has 0 spiro atoms. The predicted octanol–water partition coefficient (Wildman–Crippen LogP) is 4.05. The van der Waals surface area contributed by atoms with Crippen molar-refractivity contribution in [3.63, 3.8) is 0 Å². The molecule has 2 atom stereocenters. The lowest BCUT2D eigenvalue weighted by molar-refractivity contribution is -0.140. The number of aryl methyl sites for hydroxylation is 1. The number of ether oxygens (including phenoxy) is 5. The molecule has 2 unspecified atom stereocenters. The average Bonchev–Trinajstić information content (AvgIpc) is 3.37. The molecule has 0 amide bonds. The fraction of sp³-hybridized carbons (Fsp3) is 0.345. The number of fused-ring (bicyclic) bond motifs is 1. The van der Waals surface area contributed by atoms with Crippen molar-refractivity contribution in [1.29, 1.82) is 0 Å². The van der Waals surface area contributed by atoms with Gasteiger partial charge in [-0.15, -0.1) is 0 Å². The van der Waals surface area contributed by atoms with E-state index in [1.807, 2.05) is 0 Å². The number of carbonyl (C=O) groups excluding carboxylic acids is 2. The maximum atomic E-state index is 12.7. The smallest absolute Gasteiger partial charge is 0.306 e. The van der Waals surface area contributed by atoms with Gasteiger partial charge in [0.05, 0.1) is 52.7 Å². The number of Topliss-reactive ketones (excluding diaryl/α,β-unsaturated/α-hetero) is 1. The number of phenolic OH excluding ortho intramolecular Hbond substituents is 2. The second kappa shape index (κ2) is 11.3. The first-order valence-electron chi connectivity index (χ1n) is 12.3. The van der Waals surface area contributed by atoms with Crippen LogP contribution in [-0.4, -0.2) is 60.5 Å². The molecule has 212 valence electrons. The monoisotopic (exact) mass is 553 g/mol. The Hall–Kier alpha value is -4.51. The first-order valence-corrected chi connectivity index (χ1v) is 12.3. The number of methoxy groups -OCH3 is 4. The summed E-state index contributed by atoms with van der Waals surface area (Å²) >= 11 is 0. The SMILES string of the molecule is COC(=O)CC(c1cc(OC)c(OC)c(OC)c1)c1c(O)c(C(C)=O)cc(C2OCc3cnc(C)c(O)c32)c1O. The van der Waals surface area contributed by atoms with Gasteiger partial charge in [0.2, 0.25) is 5.75 Å². The Balaban J connectivity index is 2.03. The first-order chi connectivity index (χ1) is 19.1. The minimum absolute atomic E-state index is 0.102.